The van der Waals surface area contributed by atoms with E-state index in [-0.39, 0.29) is 18.9 Å². The van der Waals surface area contributed by atoms with E-state index >= 15 is 0 Å². The number of amides is 1. The summed E-state index contributed by atoms with van der Waals surface area (Å²) < 4.78 is 12.3. The third-order valence-electron chi connectivity index (χ3n) is 10.2. The number of esters is 1. The van der Waals surface area contributed by atoms with Crippen molar-refractivity contribution in [2.45, 2.75) is 84.0 Å². The van der Waals surface area contributed by atoms with Crippen LogP contribution in [0.1, 0.15) is 64.1 Å². The zero-order valence-electron chi connectivity index (χ0n) is 28.6. The molecule has 3 aromatic rings. The van der Waals surface area contributed by atoms with Crippen molar-refractivity contribution in [3.63, 3.8) is 0 Å². The van der Waals surface area contributed by atoms with Gasteiger partial charge in [-0.15, -0.1) is 0 Å². The Morgan fingerprint density at radius 1 is 1.02 bits per heavy atom. The van der Waals surface area contributed by atoms with Gasteiger partial charge in [-0.3, -0.25) is 9.69 Å². The third kappa shape index (κ3) is 6.95. The van der Waals surface area contributed by atoms with Gasteiger partial charge in [0.1, 0.15) is 18.2 Å². The fraction of sp³-hybridized carbons (Fsp3) is 0.541. The Hall–Kier alpha value is -4.63. The Kier molecular flexibility index (Phi) is 8.96. The highest BCUT2D eigenvalue weighted by Crippen LogP contribution is 2.38. The maximum absolute atomic E-state index is 12.9. The Bertz CT molecular complexity index is 1780. The first kappa shape index (κ1) is 32.9. The van der Waals surface area contributed by atoms with E-state index in [1.54, 1.807) is 0 Å². The molecule has 2 atom stereocenters. The third-order valence-corrected chi connectivity index (χ3v) is 10.2. The monoisotopic (exact) mass is 667 g/mol. The summed E-state index contributed by atoms with van der Waals surface area (Å²) in [6.45, 7) is 9.45. The second kappa shape index (κ2) is 13.3. The SMILES string of the molecule is CC(C)(C)C(=O)Oc1cc(N2CCc3c(nc(OCC4CCCN4C4CC4)nc3N3CCN(C(=O)O)C(CC#N)C3)C2)c2ccccc2c1. The summed E-state index contributed by atoms with van der Waals surface area (Å²) in [5, 5.41) is 21.3. The topological polar surface area (TPSA) is 135 Å². The molecule has 4 aliphatic rings. The van der Waals surface area contributed by atoms with Gasteiger partial charge in [-0.2, -0.15) is 15.2 Å². The van der Waals surface area contributed by atoms with Crippen LogP contribution in [-0.2, 0) is 17.8 Å². The fourth-order valence-corrected chi connectivity index (χ4v) is 7.44. The number of hydrogen-bond donors (Lipinski definition) is 1. The molecular formula is C37H45N7O5. The van der Waals surface area contributed by atoms with Gasteiger partial charge in [0.15, 0.2) is 0 Å². The smallest absolute Gasteiger partial charge is 0.407 e. The van der Waals surface area contributed by atoms with Crippen LogP contribution in [0.15, 0.2) is 36.4 Å². The minimum atomic E-state index is -1.01. The van der Waals surface area contributed by atoms with Gasteiger partial charge in [0, 0.05) is 61.0 Å². The molecule has 1 amide bonds. The molecule has 2 aromatic carbocycles. The van der Waals surface area contributed by atoms with E-state index in [1.165, 1.54) is 24.2 Å². The first-order valence-corrected chi connectivity index (χ1v) is 17.5. The van der Waals surface area contributed by atoms with Crippen molar-refractivity contribution in [1.29, 1.82) is 5.26 Å². The van der Waals surface area contributed by atoms with Gasteiger partial charge in [0.2, 0.25) is 0 Å². The van der Waals surface area contributed by atoms with Crippen molar-refractivity contribution >= 4 is 34.3 Å². The maximum atomic E-state index is 12.9. The molecule has 7 rings (SSSR count). The lowest BCUT2D eigenvalue weighted by Crippen LogP contribution is -2.55. The highest BCUT2D eigenvalue weighted by atomic mass is 16.5. The average molecular weight is 668 g/mol. The second-order valence-corrected chi connectivity index (χ2v) is 14.7. The van der Waals surface area contributed by atoms with E-state index in [2.05, 4.69) is 26.8 Å². The predicted octanol–water partition coefficient (Wildman–Crippen LogP) is 5.23. The highest BCUT2D eigenvalue weighted by molar-refractivity contribution is 5.96. The average Bonchev–Trinajstić information content (AvgIpc) is 3.82. The zero-order valence-corrected chi connectivity index (χ0v) is 28.6. The van der Waals surface area contributed by atoms with Crippen molar-refractivity contribution in [3.8, 4) is 17.8 Å². The first-order valence-electron chi connectivity index (χ1n) is 17.5. The van der Waals surface area contributed by atoms with Crippen LogP contribution in [0, 0.1) is 16.7 Å². The number of benzene rings is 2. The molecular weight excluding hydrogens is 622 g/mol. The number of carbonyl (C=O) groups is 2. The standard InChI is InChI=1S/C37H45N7O5/c1-37(2,3)34(45)49-28-19-24-7-4-5-9-29(24)32(20-28)41-16-13-30-31(22-41)39-35(48-23-27-8-6-15-43(27)25-10-11-25)40-33(30)42-17-18-44(36(46)47)26(21-42)12-14-38/h4-5,7,9,19-20,25-27H,6,8,10-13,15-18,21-23H2,1-3H3,(H,46,47). The van der Waals surface area contributed by atoms with Gasteiger partial charge in [-0.1, -0.05) is 24.3 Å². The van der Waals surface area contributed by atoms with Crippen LogP contribution in [0.5, 0.6) is 11.8 Å². The number of piperazine rings is 1. The molecule has 0 bridgehead atoms. The van der Waals surface area contributed by atoms with Gasteiger partial charge in [-0.25, -0.2) is 4.79 Å². The Labute approximate surface area is 287 Å². The molecule has 1 N–H and O–H groups in total. The molecule has 1 aromatic heterocycles. The van der Waals surface area contributed by atoms with E-state index in [4.69, 9.17) is 19.4 Å². The predicted molar refractivity (Wildman–Crippen MR) is 185 cm³/mol. The lowest BCUT2D eigenvalue weighted by atomic mass is 9.97. The van der Waals surface area contributed by atoms with Crippen molar-refractivity contribution in [1.82, 2.24) is 19.8 Å². The number of anilines is 2. The molecule has 1 saturated carbocycles. The molecule has 2 unspecified atom stereocenters. The van der Waals surface area contributed by atoms with E-state index in [0.717, 1.165) is 46.5 Å². The number of likely N-dealkylation sites (tertiary alicyclic amines) is 1. The van der Waals surface area contributed by atoms with Gasteiger partial charge in [0.25, 0.3) is 0 Å². The highest BCUT2D eigenvalue weighted by Gasteiger charge is 2.38. The molecule has 2 saturated heterocycles. The van der Waals surface area contributed by atoms with Crippen molar-refractivity contribution < 1.29 is 24.2 Å². The summed E-state index contributed by atoms with van der Waals surface area (Å²) in [5.74, 6) is 0.969. The van der Waals surface area contributed by atoms with E-state index in [1.807, 2.05) is 51.1 Å². The van der Waals surface area contributed by atoms with Crippen LogP contribution < -0.4 is 19.3 Å². The van der Waals surface area contributed by atoms with Gasteiger partial charge in [0.05, 0.1) is 36.2 Å². The van der Waals surface area contributed by atoms with E-state index < -0.39 is 17.6 Å². The summed E-state index contributed by atoms with van der Waals surface area (Å²) >= 11 is 0. The van der Waals surface area contributed by atoms with E-state index in [0.29, 0.717) is 63.1 Å². The maximum Gasteiger partial charge on any atom is 0.407 e. The Morgan fingerprint density at radius 2 is 1.84 bits per heavy atom. The Morgan fingerprint density at radius 3 is 2.59 bits per heavy atom. The molecule has 1 aliphatic carbocycles. The van der Waals surface area contributed by atoms with Crippen LogP contribution in [0.25, 0.3) is 10.8 Å². The second-order valence-electron chi connectivity index (χ2n) is 14.7. The lowest BCUT2D eigenvalue weighted by Gasteiger charge is -2.41. The molecule has 0 spiro atoms. The van der Waals surface area contributed by atoms with Crippen LogP contribution in [0.4, 0.5) is 16.3 Å². The number of aromatic nitrogens is 2. The molecule has 49 heavy (non-hydrogen) atoms. The van der Waals surface area contributed by atoms with Crippen molar-refractivity contribution in [2.24, 2.45) is 5.41 Å². The minimum absolute atomic E-state index is 0.106. The number of carboxylic acid groups (broad SMARTS) is 1. The quantitative estimate of drug-likeness (QED) is 0.250. The number of nitrogens with zero attached hydrogens (tertiary/aromatic N) is 7. The Balaban J connectivity index is 1.22. The zero-order chi connectivity index (χ0) is 34.3. The summed E-state index contributed by atoms with van der Waals surface area (Å²) in [6.07, 6.45) is 4.52. The van der Waals surface area contributed by atoms with Crippen LogP contribution in [0.2, 0.25) is 0 Å². The normalized spacial score (nSPS) is 21.4. The fourth-order valence-electron chi connectivity index (χ4n) is 7.44. The molecule has 12 heteroatoms. The lowest BCUT2D eigenvalue weighted by molar-refractivity contribution is -0.142. The molecule has 0 radical (unpaired) electrons. The largest absolute Gasteiger partial charge is 0.465 e. The van der Waals surface area contributed by atoms with Gasteiger partial charge in [-0.05, 0) is 70.9 Å². The summed E-state index contributed by atoms with van der Waals surface area (Å²) in [4.78, 5) is 43.1. The number of fused-ring (bicyclic) bond motifs is 2. The van der Waals surface area contributed by atoms with E-state index in [9.17, 15) is 20.0 Å². The van der Waals surface area contributed by atoms with Crippen LogP contribution in [0.3, 0.4) is 0 Å². The number of hydrogen-bond acceptors (Lipinski definition) is 10. The van der Waals surface area contributed by atoms with Crippen molar-refractivity contribution in [3.05, 3.63) is 47.7 Å². The summed E-state index contributed by atoms with van der Waals surface area (Å²) in [6, 6.07) is 15.0. The van der Waals surface area contributed by atoms with Gasteiger partial charge >= 0.3 is 18.1 Å². The van der Waals surface area contributed by atoms with Crippen LogP contribution in [-0.4, -0.2) is 94.4 Å². The number of carbonyl (C=O) groups excluding carboxylic acids is 1. The first-order chi connectivity index (χ1) is 23.6. The summed E-state index contributed by atoms with van der Waals surface area (Å²) in [7, 11) is 0. The molecule has 4 heterocycles. The van der Waals surface area contributed by atoms with Crippen molar-refractivity contribution in [2.75, 3.05) is 49.1 Å². The van der Waals surface area contributed by atoms with Crippen LogP contribution >= 0.6 is 0 Å². The molecule has 12 nitrogen and oxygen atoms in total. The number of ether oxygens (including phenoxy) is 2. The van der Waals surface area contributed by atoms with Gasteiger partial charge < -0.3 is 29.3 Å². The number of nitriles is 1. The number of rotatable bonds is 8. The molecule has 3 aliphatic heterocycles. The summed E-state index contributed by atoms with van der Waals surface area (Å²) in [5.41, 5.74) is 2.19. The minimum Gasteiger partial charge on any atom is -0.465 e. The molecule has 3 fully saturated rings. The molecule has 258 valence electrons.